The number of aromatic nitrogens is 2. The largest absolute Gasteiger partial charge is 0.444 e. The molecule has 0 radical (unpaired) electrons. The quantitative estimate of drug-likeness (QED) is 0.673. The number of hydrogen-bond donors (Lipinski definition) is 3. The van der Waals surface area contributed by atoms with Gasteiger partial charge in [0, 0.05) is 19.3 Å². The van der Waals surface area contributed by atoms with E-state index in [4.69, 9.17) is 9.84 Å². The molecular weight excluding hydrogens is 330 g/mol. The molecule has 0 aliphatic heterocycles. The molecule has 25 heavy (non-hydrogen) atoms. The van der Waals surface area contributed by atoms with E-state index >= 15 is 0 Å². The van der Waals surface area contributed by atoms with Gasteiger partial charge in [-0.2, -0.15) is 0 Å². The van der Waals surface area contributed by atoms with Crippen molar-refractivity contribution in [2.24, 2.45) is 0 Å². The van der Waals surface area contributed by atoms with Crippen molar-refractivity contribution in [1.29, 1.82) is 0 Å². The Labute approximate surface area is 141 Å². The number of aliphatic hydroxyl groups is 1. The van der Waals surface area contributed by atoms with Gasteiger partial charge in [-0.3, -0.25) is 24.5 Å². The fraction of sp³-hybridized carbons (Fsp3) is 0.250. The average molecular weight is 347 g/mol. The zero-order valence-electron chi connectivity index (χ0n) is 13.2. The number of benzene rings is 1. The highest BCUT2D eigenvalue weighted by Gasteiger charge is 2.16. The van der Waals surface area contributed by atoms with E-state index in [1.54, 1.807) is 24.3 Å². The maximum Gasteiger partial charge on any atom is 0.414 e. The number of ether oxygens (including phenoxy) is 1. The molecule has 2 aromatic rings. The summed E-state index contributed by atoms with van der Waals surface area (Å²) in [4.78, 5) is 49.0. The number of hydrogen-bond acceptors (Lipinski definition) is 6. The summed E-state index contributed by atoms with van der Waals surface area (Å²) in [5, 5.41) is 10.7. The molecule has 3 N–H and O–H groups in total. The average Bonchev–Trinajstić information content (AvgIpc) is 2.60. The summed E-state index contributed by atoms with van der Waals surface area (Å²) in [6.45, 7) is -0.0733. The minimum Gasteiger partial charge on any atom is -0.444 e. The van der Waals surface area contributed by atoms with Crippen LogP contribution in [0.5, 0.6) is 0 Å². The molecule has 2 rings (SSSR count). The zero-order valence-corrected chi connectivity index (χ0v) is 13.2. The topological polar surface area (TPSA) is 130 Å². The van der Waals surface area contributed by atoms with Gasteiger partial charge in [-0.25, -0.2) is 9.59 Å². The van der Waals surface area contributed by atoms with Crippen LogP contribution >= 0.6 is 0 Å². The van der Waals surface area contributed by atoms with Crippen molar-refractivity contribution in [2.45, 2.75) is 19.6 Å². The Morgan fingerprint density at radius 1 is 1.20 bits per heavy atom. The van der Waals surface area contributed by atoms with Gasteiger partial charge in [0.25, 0.3) is 11.5 Å². The molecular formula is C16H17N3O6. The van der Waals surface area contributed by atoms with Crippen LogP contribution in [0.15, 0.2) is 46.1 Å². The number of aryl methyl sites for hydroxylation is 1. The van der Waals surface area contributed by atoms with Crippen molar-refractivity contribution in [3.63, 3.8) is 0 Å². The normalized spacial score (nSPS) is 10.3. The highest BCUT2D eigenvalue weighted by Crippen LogP contribution is 2.00. The van der Waals surface area contributed by atoms with E-state index in [1.165, 1.54) is 0 Å². The van der Waals surface area contributed by atoms with Gasteiger partial charge >= 0.3 is 11.8 Å². The zero-order chi connectivity index (χ0) is 18.2. The van der Waals surface area contributed by atoms with E-state index in [-0.39, 0.29) is 26.2 Å². The molecule has 0 unspecified atom stereocenters. The van der Waals surface area contributed by atoms with E-state index in [1.807, 2.05) is 16.4 Å². The summed E-state index contributed by atoms with van der Waals surface area (Å²) in [5.41, 5.74) is -1.30. The monoisotopic (exact) mass is 347 g/mol. The number of imide groups is 1. The van der Waals surface area contributed by atoms with Crippen LogP contribution in [0, 0.1) is 0 Å². The van der Waals surface area contributed by atoms with E-state index in [2.05, 4.69) is 0 Å². The van der Waals surface area contributed by atoms with E-state index < -0.39 is 28.8 Å². The van der Waals surface area contributed by atoms with Gasteiger partial charge in [0.2, 0.25) is 0 Å². The van der Waals surface area contributed by atoms with Gasteiger partial charge in [-0.05, 0) is 12.0 Å². The lowest BCUT2D eigenvalue weighted by Gasteiger charge is -2.08. The first-order valence-corrected chi connectivity index (χ1v) is 7.48. The van der Waals surface area contributed by atoms with Crippen molar-refractivity contribution in [1.82, 2.24) is 14.9 Å². The molecule has 0 atom stereocenters. The Morgan fingerprint density at radius 3 is 2.60 bits per heavy atom. The number of alkyl carbamates (subject to hydrolysis) is 1. The number of carbonyl (C=O) groups is 2. The van der Waals surface area contributed by atoms with Crippen LogP contribution in [0.25, 0.3) is 0 Å². The third-order valence-electron chi connectivity index (χ3n) is 3.24. The van der Waals surface area contributed by atoms with Gasteiger partial charge in [0.05, 0.1) is 0 Å². The van der Waals surface area contributed by atoms with Crippen LogP contribution < -0.4 is 16.6 Å². The minimum atomic E-state index is -1.01. The summed E-state index contributed by atoms with van der Waals surface area (Å²) >= 11 is 0. The second-order valence-electron chi connectivity index (χ2n) is 5.09. The summed E-state index contributed by atoms with van der Waals surface area (Å²) in [5.74, 6) is -0.989. The second-order valence-corrected chi connectivity index (χ2v) is 5.09. The first-order valence-electron chi connectivity index (χ1n) is 7.48. The van der Waals surface area contributed by atoms with Crippen molar-refractivity contribution >= 4 is 12.0 Å². The van der Waals surface area contributed by atoms with E-state index in [0.717, 1.165) is 16.3 Å². The maximum absolute atomic E-state index is 12.0. The second kappa shape index (κ2) is 8.60. The van der Waals surface area contributed by atoms with Gasteiger partial charge in [-0.1, -0.05) is 30.3 Å². The SMILES string of the molecule is O=C(NC(=O)c1cn(CCCO)c(=O)[nH]c1=O)OCc1ccccc1. The summed E-state index contributed by atoms with van der Waals surface area (Å²) in [6, 6.07) is 8.85. The minimum absolute atomic E-state index is 0.0354. The standard InChI is InChI=1S/C16H17N3O6/c20-8-4-7-19-9-12(13(21)17-15(19)23)14(22)18-16(24)25-10-11-5-2-1-3-6-11/h1-3,5-6,9,20H,4,7-8,10H2,(H,17,21,23)(H,18,22,24). The number of rotatable bonds is 6. The maximum atomic E-state index is 12.0. The number of aromatic amines is 1. The Morgan fingerprint density at radius 2 is 1.92 bits per heavy atom. The fourth-order valence-electron chi connectivity index (χ4n) is 2.00. The van der Waals surface area contributed by atoms with Crippen LogP contribution in [-0.4, -0.2) is 33.3 Å². The molecule has 0 saturated heterocycles. The predicted molar refractivity (Wildman–Crippen MR) is 87.1 cm³/mol. The Kier molecular flexibility index (Phi) is 6.24. The van der Waals surface area contributed by atoms with Crippen LogP contribution in [0.1, 0.15) is 22.3 Å². The molecule has 0 aliphatic rings. The molecule has 0 bridgehead atoms. The first kappa shape index (κ1) is 18.1. The highest BCUT2D eigenvalue weighted by atomic mass is 16.5. The molecule has 1 heterocycles. The molecule has 132 valence electrons. The number of nitrogens with one attached hydrogen (secondary N) is 2. The summed E-state index contributed by atoms with van der Waals surface area (Å²) < 4.78 is 5.97. The number of nitrogens with zero attached hydrogens (tertiary/aromatic N) is 1. The molecule has 0 spiro atoms. The predicted octanol–water partition coefficient (Wildman–Crippen LogP) is -0.0144. The molecule has 1 aromatic carbocycles. The van der Waals surface area contributed by atoms with Gasteiger partial charge in [0.1, 0.15) is 12.2 Å². The third kappa shape index (κ3) is 5.15. The molecule has 1 aromatic heterocycles. The van der Waals surface area contributed by atoms with Crippen LogP contribution in [-0.2, 0) is 17.9 Å². The smallest absolute Gasteiger partial charge is 0.414 e. The molecule has 0 saturated carbocycles. The van der Waals surface area contributed by atoms with Gasteiger partial charge in [-0.15, -0.1) is 0 Å². The first-order chi connectivity index (χ1) is 12.0. The molecule has 9 heteroatoms. The van der Waals surface area contributed by atoms with Crippen molar-refractivity contribution < 1.29 is 19.4 Å². The molecule has 9 nitrogen and oxygen atoms in total. The number of amides is 2. The Hall–Kier alpha value is -3.20. The van der Waals surface area contributed by atoms with Crippen molar-refractivity contribution in [2.75, 3.05) is 6.61 Å². The van der Waals surface area contributed by atoms with Crippen LogP contribution in [0.3, 0.4) is 0 Å². The summed E-state index contributed by atoms with van der Waals surface area (Å²) in [6.07, 6.45) is 0.296. The third-order valence-corrected chi connectivity index (χ3v) is 3.24. The van der Waals surface area contributed by atoms with Crippen molar-refractivity contribution in [3.05, 3.63) is 68.5 Å². The number of H-pyrrole nitrogens is 1. The number of carbonyl (C=O) groups excluding carboxylic acids is 2. The Balaban J connectivity index is 2.03. The number of aliphatic hydroxyl groups excluding tert-OH is 1. The lowest BCUT2D eigenvalue weighted by Crippen LogP contribution is -2.39. The van der Waals surface area contributed by atoms with Gasteiger partial charge in [0.15, 0.2) is 0 Å². The lowest BCUT2D eigenvalue weighted by molar-refractivity contribution is 0.0910. The van der Waals surface area contributed by atoms with Crippen molar-refractivity contribution in [3.8, 4) is 0 Å². The molecule has 0 fully saturated rings. The van der Waals surface area contributed by atoms with Gasteiger partial charge < -0.3 is 9.84 Å². The molecule has 2 amide bonds. The van der Waals surface area contributed by atoms with Crippen LogP contribution in [0.2, 0.25) is 0 Å². The Bertz CT molecular complexity index is 856. The summed E-state index contributed by atoms with van der Waals surface area (Å²) in [7, 11) is 0. The van der Waals surface area contributed by atoms with E-state index in [9.17, 15) is 19.2 Å². The fourth-order valence-corrected chi connectivity index (χ4v) is 2.00. The van der Waals surface area contributed by atoms with E-state index in [0.29, 0.717) is 0 Å². The highest BCUT2D eigenvalue weighted by molar-refractivity contribution is 6.02. The van der Waals surface area contributed by atoms with Crippen LogP contribution in [0.4, 0.5) is 4.79 Å². The molecule has 0 aliphatic carbocycles. The lowest BCUT2D eigenvalue weighted by atomic mass is 10.2.